The quantitative estimate of drug-likeness (QED) is 0.605. The van der Waals surface area contributed by atoms with Gasteiger partial charge in [0.1, 0.15) is 6.61 Å². The minimum atomic E-state index is -0.412. The maximum Gasteiger partial charge on any atom is 0.368 e. The second-order valence-corrected chi connectivity index (χ2v) is 4.19. The molecule has 0 spiro atoms. The van der Waals surface area contributed by atoms with Crippen molar-refractivity contribution >= 4 is 5.91 Å². The molecule has 1 aromatic carbocycles. The number of aryl methyl sites for hydroxylation is 1. The fourth-order valence-corrected chi connectivity index (χ4v) is 1.73. The molecule has 0 aliphatic rings. The van der Waals surface area contributed by atoms with Crippen molar-refractivity contribution in [2.45, 2.75) is 13.5 Å². The SMILES string of the molecule is C#Cc1cccc(-n2nnn(C)c2=O)c1CONC(C)=O. The molecule has 0 atom stereocenters. The molecule has 108 valence electrons. The van der Waals surface area contributed by atoms with E-state index in [-0.39, 0.29) is 12.5 Å². The van der Waals surface area contributed by atoms with Gasteiger partial charge in [-0.2, -0.15) is 9.36 Å². The van der Waals surface area contributed by atoms with E-state index in [0.717, 1.165) is 9.36 Å². The highest BCUT2D eigenvalue weighted by molar-refractivity contribution is 5.71. The molecule has 21 heavy (non-hydrogen) atoms. The van der Waals surface area contributed by atoms with E-state index in [9.17, 15) is 9.59 Å². The van der Waals surface area contributed by atoms with Gasteiger partial charge in [0, 0.05) is 25.1 Å². The summed E-state index contributed by atoms with van der Waals surface area (Å²) < 4.78 is 2.22. The topological polar surface area (TPSA) is 91.0 Å². The lowest BCUT2D eigenvalue weighted by Crippen LogP contribution is -2.24. The van der Waals surface area contributed by atoms with Gasteiger partial charge in [-0.25, -0.2) is 10.3 Å². The highest BCUT2D eigenvalue weighted by Crippen LogP contribution is 2.17. The summed E-state index contributed by atoms with van der Waals surface area (Å²) in [5.41, 5.74) is 3.34. The maximum atomic E-state index is 11.9. The number of carbonyl (C=O) groups is 1. The molecule has 0 aliphatic heterocycles. The summed E-state index contributed by atoms with van der Waals surface area (Å²) >= 11 is 0. The lowest BCUT2D eigenvalue weighted by molar-refractivity contribution is -0.132. The molecule has 0 saturated carbocycles. The van der Waals surface area contributed by atoms with Crippen LogP contribution in [0, 0.1) is 12.3 Å². The third kappa shape index (κ3) is 2.98. The minimum absolute atomic E-state index is 0.00169. The zero-order valence-corrected chi connectivity index (χ0v) is 11.5. The molecule has 0 saturated heterocycles. The van der Waals surface area contributed by atoms with Crippen LogP contribution in [-0.4, -0.2) is 25.7 Å². The van der Waals surface area contributed by atoms with E-state index in [0.29, 0.717) is 16.8 Å². The Morgan fingerprint density at radius 1 is 1.48 bits per heavy atom. The zero-order chi connectivity index (χ0) is 15.4. The molecule has 1 heterocycles. The summed E-state index contributed by atoms with van der Waals surface area (Å²) in [6, 6.07) is 5.08. The fraction of sp³-hybridized carbons (Fsp3) is 0.231. The van der Waals surface area contributed by atoms with E-state index < -0.39 is 5.69 Å². The summed E-state index contributed by atoms with van der Waals surface area (Å²) in [5, 5.41) is 7.42. The summed E-state index contributed by atoms with van der Waals surface area (Å²) in [7, 11) is 1.49. The molecule has 0 radical (unpaired) electrons. The number of amides is 1. The number of hydrogen-bond acceptors (Lipinski definition) is 5. The van der Waals surface area contributed by atoms with Crippen LogP contribution in [0.3, 0.4) is 0 Å². The Hall–Kier alpha value is -2.92. The van der Waals surface area contributed by atoms with Gasteiger partial charge in [0.2, 0.25) is 5.91 Å². The molecule has 0 aliphatic carbocycles. The van der Waals surface area contributed by atoms with Crippen LogP contribution in [-0.2, 0) is 23.3 Å². The fourth-order valence-electron chi connectivity index (χ4n) is 1.73. The molecule has 1 amide bonds. The number of aromatic nitrogens is 4. The van der Waals surface area contributed by atoms with Gasteiger partial charge in [-0.3, -0.25) is 9.63 Å². The lowest BCUT2D eigenvalue weighted by Gasteiger charge is -2.11. The zero-order valence-electron chi connectivity index (χ0n) is 11.5. The Kier molecular flexibility index (Phi) is 4.15. The largest absolute Gasteiger partial charge is 0.368 e. The first-order chi connectivity index (χ1) is 10.0. The Morgan fingerprint density at radius 2 is 2.24 bits per heavy atom. The molecule has 1 N–H and O–H groups in total. The van der Waals surface area contributed by atoms with Gasteiger partial charge in [0.25, 0.3) is 0 Å². The number of terminal acetylenes is 1. The predicted octanol–water partition coefficient (Wildman–Crippen LogP) is -0.485. The smallest absolute Gasteiger partial charge is 0.273 e. The van der Waals surface area contributed by atoms with Gasteiger partial charge in [-0.05, 0) is 22.6 Å². The number of nitrogens with zero attached hydrogens (tertiary/aromatic N) is 4. The van der Waals surface area contributed by atoms with E-state index in [1.165, 1.54) is 14.0 Å². The summed E-state index contributed by atoms with van der Waals surface area (Å²) in [4.78, 5) is 27.9. The first-order valence-electron chi connectivity index (χ1n) is 6.01. The van der Waals surface area contributed by atoms with Gasteiger partial charge in [-0.15, -0.1) is 6.42 Å². The Labute approximate surface area is 120 Å². The highest BCUT2D eigenvalue weighted by Gasteiger charge is 2.14. The molecular formula is C13H13N5O3. The van der Waals surface area contributed by atoms with E-state index in [1.54, 1.807) is 18.2 Å². The van der Waals surface area contributed by atoms with Gasteiger partial charge >= 0.3 is 5.69 Å². The van der Waals surface area contributed by atoms with Crippen molar-refractivity contribution < 1.29 is 9.63 Å². The van der Waals surface area contributed by atoms with Gasteiger partial charge in [0.05, 0.1) is 5.69 Å². The molecule has 0 bridgehead atoms. The monoisotopic (exact) mass is 287 g/mol. The number of hydrogen-bond donors (Lipinski definition) is 1. The van der Waals surface area contributed by atoms with Crippen LogP contribution in [0.2, 0.25) is 0 Å². The van der Waals surface area contributed by atoms with E-state index >= 15 is 0 Å². The van der Waals surface area contributed by atoms with Crippen molar-refractivity contribution in [2.75, 3.05) is 0 Å². The summed E-state index contributed by atoms with van der Waals surface area (Å²) in [5.74, 6) is 2.17. The second-order valence-electron chi connectivity index (χ2n) is 4.19. The van der Waals surface area contributed by atoms with Crippen molar-refractivity contribution in [3.8, 4) is 18.0 Å². The van der Waals surface area contributed by atoms with Gasteiger partial charge in [-0.1, -0.05) is 12.0 Å². The van der Waals surface area contributed by atoms with Crippen LogP contribution >= 0.6 is 0 Å². The average Bonchev–Trinajstić information content (AvgIpc) is 2.79. The summed E-state index contributed by atoms with van der Waals surface area (Å²) in [6.45, 7) is 1.32. The van der Waals surface area contributed by atoms with Crippen molar-refractivity contribution in [3.63, 3.8) is 0 Å². The molecule has 0 unspecified atom stereocenters. The van der Waals surface area contributed by atoms with Crippen LogP contribution in [0.5, 0.6) is 0 Å². The molecule has 2 aromatic rings. The number of tetrazole rings is 1. The van der Waals surface area contributed by atoms with Crippen molar-refractivity contribution in [3.05, 3.63) is 39.8 Å². The first kappa shape index (κ1) is 14.5. The number of rotatable bonds is 4. The molecule has 1 aromatic heterocycles. The van der Waals surface area contributed by atoms with Crippen LogP contribution in [0.1, 0.15) is 18.1 Å². The van der Waals surface area contributed by atoms with Gasteiger partial charge < -0.3 is 0 Å². The second kappa shape index (κ2) is 6.02. The Morgan fingerprint density at radius 3 is 2.81 bits per heavy atom. The van der Waals surface area contributed by atoms with Crippen molar-refractivity contribution in [2.24, 2.45) is 7.05 Å². The van der Waals surface area contributed by atoms with Crippen LogP contribution in [0.4, 0.5) is 0 Å². The van der Waals surface area contributed by atoms with E-state index in [4.69, 9.17) is 11.3 Å². The van der Waals surface area contributed by atoms with Crippen molar-refractivity contribution in [1.29, 1.82) is 0 Å². The Balaban J connectivity index is 2.46. The molecule has 8 heteroatoms. The third-order valence-corrected chi connectivity index (χ3v) is 2.69. The average molecular weight is 287 g/mol. The molecule has 8 nitrogen and oxygen atoms in total. The van der Waals surface area contributed by atoms with Crippen LogP contribution in [0.15, 0.2) is 23.0 Å². The predicted molar refractivity (Wildman–Crippen MR) is 73.1 cm³/mol. The third-order valence-electron chi connectivity index (χ3n) is 2.69. The molecule has 0 fully saturated rings. The number of carbonyl (C=O) groups excluding carboxylic acids is 1. The van der Waals surface area contributed by atoms with E-state index in [2.05, 4.69) is 21.8 Å². The van der Waals surface area contributed by atoms with Crippen LogP contribution in [0.25, 0.3) is 5.69 Å². The number of hydroxylamine groups is 1. The van der Waals surface area contributed by atoms with Gasteiger partial charge in [0.15, 0.2) is 0 Å². The Bertz CT molecular complexity index is 769. The standard InChI is InChI=1S/C13H13N5O3/c1-4-10-6-5-7-12(11(10)8-21-14-9(2)19)18-13(20)17(3)15-16-18/h1,5-7H,8H2,2-3H3,(H,14,19). The lowest BCUT2D eigenvalue weighted by atomic mass is 10.1. The highest BCUT2D eigenvalue weighted by atomic mass is 16.6. The van der Waals surface area contributed by atoms with E-state index in [1.807, 2.05) is 0 Å². The number of benzene rings is 1. The first-order valence-corrected chi connectivity index (χ1v) is 6.01. The van der Waals surface area contributed by atoms with Crippen molar-refractivity contribution in [1.82, 2.24) is 25.3 Å². The molecule has 2 rings (SSSR count). The van der Waals surface area contributed by atoms with Crippen LogP contribution < -0.4 is 11.2 Å². The maximum absolute atomic E-state index is 11.9. The number of nitrogens with one attached hydrogen (secondary N) is 1. The minimum Gasteiger partial charge on any atom is -0.273 e. The normalized spacial score (nSPS) is 10.1. The molecular weight excluding hydrogens is 274 g/mol. The summed E-state index contributed by atoms with van der Waals surface area (Å²) in [6.07, 6.45) is 5.45.